The lowest BCUT2D eigenvalue weighted by Gasteiger charge is -2.30. The summed E-state index contributed by atoms with van der Waals surface area (Å²) < 4.78 is 56.9. The Labute approximate surface area is 227 Å². The number of rotatable bonds is 10. The number of halogens is 3. The predicted octanol–water partition coefficient (Wildman–Crippen LogP) is 8.62. The van der Waals surface area contributed by atoms with Gasteiger partial charge >= 0.3 is 5.97 Å². The van der Waals surface area contributed by atoms with Gasteiger partial charge in [-0.25, -0.2) is 13.2 Å². The molecule has 208 valence electrons. The molecule has 0 spiro atoms. The molecule has 1 saturated carbocycles. The van der Waals surface area contributed by atoms with Gasteiger partial charge < -0.3 is 14.6 Å². The number of aliphatic carboxylic acids is 1. The van der Waals surface area contributed by atoms with Crippen LogP contribution < -0.4 is 9.47 Å². The Hall–Kier alpha value is -3.48. The summed E-state index contributed by atoms with van der Waals surface area (Å²) in [4.78, 5) is 11.2. The molecule has 1 N–H and O–H groups in total. The molecule has 0 amide bonds. The Morgan fingerprint density at radius 2 is 1.85 bits per heavy atom. The highest BCUT2D eigenvalue weighted by Gasteiger charge is 2.37. The molecule has 2 atom stereocenters. The van der Waals surface area contributed by atoms with Gasteiger partial charge in [-0.05, 0) is 89.6 Å². The average Bonchev–Trinajstić information content (AvgIpc) is 3.26. The summed E-state index contributed by atoms with van der Waals surface area (Å²) in [5, 5.41) is 9.20. The standard InChI is InChI=1S/C32H35F3O4/c1-5-19(15-30(36)37)22-8-6-10-29(31(22)35)39-18-20-14-24(26-9-7-13-32(26,2)3)23(17-28(20)34)25-16-21(38-4)11-12-27(25)33/h6,8,10-12,14,16-17,19,26H,5,7,9,13,15,18H2,1-4H3,(H,36,37)/t19-,26+/m1/s1. The van der Waals surface area contributed by atoms with Crippen LogP contribution in [0.5, 0.6) is 11.5 Å². The molecule has 3 aromatic carbocycles. The highest BCUT2D eigenvalue weighted by molar-refractivity contribution is 5.71. The van der Waals surface area contributed by atoms with Gasteiger partial charge in [0, 0.05) is 11.1 Å². The van der Waals surface area contributed by atoms with Crippen molar-refractivity contribution < 1.29 is 32.5 Å². The molecule has 0 bridgehead atoms. The maximum atomic E-state index is 15.5. The van der Waals surface area contributed by atoms with E-state index in [0.29, 0.717) is 17.7 Å². The minimum atomic E-state index is -1.01. The van der Waals surface area contributed by atoms with Gasteiger partial charge in [0.1, 0.15) is 24.0 Å². The number of carboxylic acid groups (broad SMARTS) is 1. The van der Waals surface area contributed by atoms with Crippen LogP contribution in [0, 0.1) is 22.9 Å². The third-order valence-corrected chi connectivity index (χ3v) is 8.04. The van der Waals surface area contributed by atoms with Gasteiger partial charge in [0.05, 0.1) is 13.5 Å². The molecule has 0 heterocycles. The van der Waals surface area contributed by atoms with Crippen LogP contribution in [0.1, 0.15) is 81.4 Å². The van der Waals surface area contributed by atoms with Crippen molar-refractivity contribution in [1.29, 1.82) is 0 Å². The van der Waals surface area contributed by atoms with Crippen molar-refractivity contribution in [3.63, 3.8) is 0 Å². The van der Waals surface area contributed by atoms with Crippen LogP contribution in [-0.2, 0) is 11.4 Å². The van der Waals surface area contributed by atoms with Crippen molar-refractivity contribution in [2.24, 2.45) is 5.41 Å². The van der Waals surface area contributed by atoms with E-state index in [4.69, 9.17) is 9.47 Å². The van der Waals surface area contributed by atoms with Crippen molar-refractivity contribution in [2.75, 3.05) is 7.11 Å². The van der Waals surface area contributed by atoms with E-state index in [9.17, 15) is 9.90 Å². The Balaban J connectivity index is 1.72. The van der Waals surface area contributed by atoms with Gasteiger partial charge in [0.25, 0.3) is 0 Å². The molecule has 39 heavy (non-hydrogen) atoms. The Bertz CT molecular complexity index is 1350. The second kappa shape index (κ2) is 11.7. The zero-order valence-corrected chi connectivity index (χ0v) is 22.8. The predicted molar refractivity (Wildman–Crippen MR) is 145 cm³/mol. The van der Waals surface area contributed by atoms with Crippen molar-refractivity contribution in [3.05, 3.63) is 82.7 Å². The van der Waals surface area contributed by atoms with E-state index in [2.05, 4.69) is 13.8 Å². The van der Waals surface area contributed by atoms with Crippen LogP contribution in [0.4, 0.5) is 13.2 Å². The number of benzene rings is 3. The molecule has 4 rings (SSSR count). The zero-order valence-electron chi connectivity index (χ0n) is 22.8. The normalized spacial score (nSPS) is 17.2. The molecule has 3 aromatic rings. The fourth-order valence-electron chi connectivity index (χ4n) is 5.81. The maximum Gasteiger partial charge on any atom is 0.303 e. The van der Waals surface area contributed by atoms with Crippen LogP contribution in [0.25, 0.3) is 11.1 Å². The Kier molecular flexibility index (Phi) is 8.57. The molecule has 0 aromatic heterocycles. The van der Waals surface area contributed by atoms with Gasteiger partial charge in [-0.2, -0.15) is 0 Å². The zero-order chi connectivity index (χ0) is 28.3. The Morgan fingerprint density at radius 3 is 2.49 bits per heavy atom. The first-order valence-corrected chi connectivity index (χ1v) is 13.3. The summed E-state index contributed by atoms with van der Waals surface area (Å²) in [5.74, 6) is -2.74. The lowest BCUT2D eigenvalue weighted by atomic mass is 9.75. The van der Waals surface area contributed by atoms with E-state index in [1.165, 1.54) is 31.4 Å². The number of methoxy groups -OCH3 is 1. The number of carbonyl (C=O) groups is 1. The van der Waals surface area contributed by atoms with E-state index in [1.54, 1.807) is 31.2 Å². The van der Waals surface area contributed by atoms with Gasteiger partial charge in [-0.15, -0.1) is 0 Å². The van der Waals surface area contributed by atoms with Crippen molar-refractivity contribution >= 4 is 5.97 Å². The van der Waals surface area contributed by atoms with Gasteiger partial charge in [0.2, 0.25) is 0 Å². The van der Waals surface area contributed by atoms with Crippen LogP contribution in [0.2, 0.25) is 0 Å². The summed E-state index contributed by atoms with van der Waals surface area (Å²) in [6.45, 7) is 5.90. The quantitative estimate of drug-likeness (QED) is 0.280. The molecule has 1 aliphatic rings. The van der Waals surface area contributed by atoms with Crippen molar-refractivity contribution in [2.45, 2.75) is 71.3 Å². The molecular weight excluding hydrogens is 505 g/mol. The minimum Gasteiger partial charge on any atom is -0.497 e. The lowest BCUT2D eigenvalue weighted by Crippen LogP contribution is -2.17. The van der Waals surface area contributed by atoms with Crippen LogP contribution in [0.15, 0.2) is 48.5 Å². The van der Waals surface area contributed by atoms with E-state index >= 15 is 13.2 Å². The molecule has 0 radical (unpaired) electrons. The summed E-state index contributed by atoms with van der Waals surface area (Å²) in [5.41, 5.74) is 1.99. The molecule has 1 aliphatic carbocycles. The summed E-state index contributed by atoms with van der Waals surface area (Å²) in [6.07, 6.45) is 3.14. The monoisotopic (exact) mass is 540 g/mol. The lowest BCUT2D eigenvalue weighted by molar-refractivity contribution is -0.137. The second-order valence-corrected chi connectivity index (χ2v) is 11.0. The molecule has 4 nitrogen and oxygen atoms in total. The SMILES string of the molecule is CC[C@H](CC(=O)O)c1cccc(OCc2cc([C@@H]3CCCC3(C)C)c(-c3cc(OC)ccc3F)cc2F)c1F. The Morgan fingerprint density at radius 1 is 1.08 bits per heavy atom. The van der Waals surface area contributed by atoms with Crippen LogP contribution in [0.3, 0.4) is 0 Å². The second-order valence-electron chi connectivity index (χ2n) is 11.0. The number of hydrogen-bond donors (Lipinski definition) is 1. The highest BCUT2D eigenvalue weighted by atomic mass is 19.1. The van der Waals surface area contributed by atoms with E-state index in [0.717, 1.165) is 24.8 Å². The summed E-state index contributed by atoms with van der Waals surface area (Å²) in [7, 11) is 1.50. The molecule has 0 saturated heterocycles. The first-order chi connectivity index (χ1) is 18.6. The van der Waals surface area contributed by atoms with E-state index in [-0.39, 0.29) is 46.8 Å². The third kappa shape index (κ3) is 6.07. The third-order valence-electron chi connectivity index (χ3n) is 8.04. The largest absolute Gasteiger partial charge is 0.497 e. The average molecular weight is 541 g/mol. The van der Waals surface area contributed by atoms with Crippen molar-refractivity contribution in [3.8, 4) is 22.6 Å². The first kappa shape index (κ1) is 28.5. The van der Waals surface area contributed by atoms with Gasteiger partial charge in [-0.3, -0.25) is 4.79 Å². The molecule has 0 aliphatic heterocycles. The van der Waals surface area contributed by atoms with Gasteiger partial charge in [-0.1, -0.05) is 39.3 Å². The molecule has 1 fully saturated rings. The molecular formula is C32H35F3O4. The summed E-state index contributed by atoms with van der Waals surface area (Å²) >= 11 is 0. The molecule has 0 unspecified atom stereocenters. The number of carboxylic acids is 1. The van der Waals surface area contributed by atoms with Crippen LogP contribution in [-0.4, -0.2) is 18.2 Å². The van der Waals surface area contributed by atoms with Crippen LogP contribution >= 0.6 is 0 Å². The number of ether oxygens (including phenoxy) is 2. The van der Waals surface area contributed by atoms with Gasteiger partial charge in [0.15, 0.2) is 11.6 Å². The number of hydrogen-bond acceptors (Lipinski definition) is 3. The molecule has 7 heteroatoms. The fraction of sp³-hybridized carbons (Fsp3) is 0.406. The first-order valence-electron chi connectivity index (χ1n) is 13.3. The highest BCUT2D eigenvalue weighted by Crippen LogP contribution is 2.51. The summed E-state index contributed by atoms with van der Waals surface area (Å²) in [6, 6.07) is 12.1. The van der Waals surface area contributed by atoms with E-state index in [1.807, 2.05) is 0 Å². The van der Waals surface area contributed by atoms with E-state index < -0.39 is 29.3 Å². The smallest absolute Gasteiger partial charge is 0.303 e. The maximum absolute atomic E-state index is 15.5. The van der Waals surface area contributed by atoms with Crippen molar-refractivity contribution in [1.82, 2.24) is 0 Å². The minimum absolute atomic E-state index is 0.0681. The fourth-order valence-corrected chi connectivity index (χ4v) is 5.81. The topological polar surface area (TPSA) is 55.8 Å².